The Labute approximate surface area is 185 Å². The van der Waals surface area contributed by atoms with E-state index in [0.29, 0.717) is 6.42 Å². The van der Waals surface area contributed by atoms with Crippen LogP contribution < -0.4 is 9.64 Å². The van der Waals surface area contributed by atoms with Crippen molar-refractivity contribution < 1.29 is 9.53 Å². The average Bonchev–Trinajstić information content (AvgIpc) is 2.84. The molecule has 1 fully saturated rings. The summed E-state index contributed by atoms with van der Waals surface area (Å²) in [5.41, 5.74) is 2.07. The molecule has 0 radical (unpaired) electrons. The first-order valence-electron chi connectivity index (χ1n) is 11.2. The van der Waals surface area contributed by atoms with Crippen molar-refractivity contribution >= 4 is 11.5 Å². The van der Waals surface area contributed by atoms with E-state index >= 15 is 0 Å². The van der Waals surface area contributed by atoms with Gasteiger partial charge in [-0.3, -0.25) is 9.69 Å². The molecule has 0 N–H and O–H groups in total. The van der Waals surface area contributed by atoms with Crippen LogP contribution in [0, 0.1) is 0 Å². The van der Waals surface area contributed by atoms with E-state index in [2.05, 4.69) is 40.1 Å². The minimum Gasteiger partial charge on any atom is -0.457 e. The Bertz CT molecular complexity index is 934. The van der Waals surface area contributed by atoms with Crippen LogP contribution in [-0.4, -0.2) is 43.4 Å². The number of carbonyl (C=O) groups is 1. The third-order valence-corrected chi connectivity index (χ3v) is 5.78. The number of hydrogen-bond acceptors (Lipinski definition) is 4. The Morgan fingerprint density at radius 2 is 1.32 bits per heavy atom. The van der Waals surface area contributed by atoms with Gasteiger partial charge in [0.15, 0.2) is 5.78 Å². The summed E-state index contributed by atoms with van der Waals surface area (Å²) in [6.07, 6.45) is 2.59. The highest BCUT2D eigenvalue weighted by molar-refractivity contribution is 5.96. The maximum absolute atomic E-state index is 12.5. The van der Waals surface area contributed by atoms with Crippen molar-refractivity contribution in [1.29, 1.82) is 0 Å². The lowest BCUT2D eigenvalue weighted by atomic mass is 10.1. The van der Waals surface area contributed by atoms with E-state index in [1.807, 2.05) is 54.6 Å². The molecule has 4 rings (SSSR count). The van der Waals surface area contributed by atoms with Crippen LogP contribution in [0.2, 0.25) is 0 Å². The van der Waals surface area contributed by atoms with Gasteiger partial charge in [-0.2, -0.15) is 0 Å². The van der Waals surface area contributed by atoms with E-state index in [1.54, 1.807) is 0 Å². The molecule has 1 aliphatic heterocycles. The number of ether oxygens (including phenoxy) is 1. The van der Waals surface area contributed by atoms with Gasteiger partial charge in [0.1, 0.15) is 11.5 Å². The summed E-state index contributed by atoms with van der Waals surface area (Å²) in [5.74, 6) is 1.75. The quantitative estimate of drug-likeness (QED) is 0.334. The normalized spacial score (nSPS) is 14.4. The number of rotatable bonds is 9. The second-order valence-corrected chi connectivity index (χ2v) is 7.98. The zero-order valence-electron chi connectivity index (χ0n) is 18.0. The summed E-state index contributed by atoms with van der Waals surface area (Å²) >= 11 is 0. The van der Waals surface area contributed by atoms with Gasteiger partial charge in [-0.1, -0.05) is 36.4 Å². The summed E-state index contributed by atoms with van der Waals surface area (Å²) < 4.78 is 5.79. The Balaban J connectivity index is 1.15. The molecule has 1 saturated heterocycles. The molecule has 1 aliphatic rings. The van der Waals surface area contributed by atoms with Crippen molar-refractivity contribution in [3.8, 4) is 11.5 Å². The number of ketones is 1. The monoisotopic (exact) mass is 414 g/mol. The van der Waals surface area contributed by atoms with Crippen LogP contribution >= 0.6 is 0 Å². The molecule has 3 aromatic carbocycles. The van der Waals surface area contributed by atoms with Gasteiger partial charge in [0, 0.05) is 43.9 Å². The van der Waals surface area contributed by atoms with E-state index in [1.165, 1.54) is 5.69 Å². The number of hydrogen-bond donors (Lipinski definition) is 0. The van der Waals surface area contributed by atoms with Crippen LogP contribution in [0.15, 0.2) is 84.9 Å². The van der Waals surface area contributed by atoms with Gasteiger partial charge in [-0.25, -0.2) is 0 Å². The highest BCUT2D eigenvalue weighted by Gasteiger charge is 2.16. The number of anilines is 1. The minimum absolute atomic E-state index is 0.208. The lowest BCUT2D eigenvalue weighted by Gasteiger charge is -2.36. The van der Waals surface area contributed by atoms with Crippen molar-refractivity contribution in [2.75, 3.05) is 37.6 Å². The van der Waals surface area contributed by atoms with E-state index in [0.717, 1.165) is 62.6 Å². The fraction of sp³-hybridized carbons (Fsp3) is 0.296. The first-order valence-corrected chi connectivity index (χ1v) is 11.2. The van der Waals surface area contributed by atoms with E-state index < -0.39 is 0 Å². The molecule has 0 saturated carbocycles. The zero-order valence-corrected chi connectivity index (χ0v) is 18.0. The largest absolute Gasteiger partial charge is 0.457 e. The number of carbonyl (C=O) groups excluding carboxylic acids is 1. The Morgan fingerprint density at radius 3 is 2.00 bits per heavy atom. The first kappa shape index (κ1) is 21.1. The average molecular weight is 415 g/mol. The molecule has 4 nitrogen and oxygen atoms in total. The number of nitrogens with zero attached hydrogens (tertiary/aromatic N) is 2. The first-order chi connectivity index (χ1) is 15.3. The van der Waals surface area contributed by atoms with Gasteiger partial charge in [0.2, 0.25) is 0 Å². The molecule has 0 aliphatic carbocycles. The van der Waals surface area contributed by atoms with Gasteiger partial charge < -0.3 is 9.64 Å². The molecule has 0 unspecified atom stereocenters. The zero-order chi connectivity index (χ0) is 21.3. The van der Waals surface area contributed by atoms with Gasteiger partial charge in [-0.05, 0) is 67.9 Å². The molecule has 31 heavy (non-hydrogen) atoms. The number of benzene rings is 3. The Morgan fingerprint density at radius 1 is 0.710 bits per heavy atom. The van der Waals surface area contributed by atoms with Crippen LogP contribution in [0.3, 0.4) is 0 Å². The smallest absolute Gasteiger partial charge is 0.162 e. The lowest BCUT2D eigenvalue weighted by molar-refractivity contribution is 0.0977. The summed E-state index contributed by atoms with van der Waals surface area (Å²) in [5, 5.41) is 0. The molecular weight excluding hydrogens is 384 g/mol. The van der Waals surface area contributed by atoms with Crippen LogP contribution in [0.25, 0.3) is 0 Å². The molecule has 0 atom stereocenters. The molecular formula is C27H30N2O2. The summed E-state index contributed by atoms with van der Waals surface area (Å²) in [6.45, 7) is 5.39. The van der Waals surface area contributed by atoms with Gasteiger partial charge in [0.05, 0.1) is 0 Å². The van der Waals surface area contributed by atoms with Gasteiger partial charge in [0.25, 0.3) is 0 Å². The van der Waals surface area contributed by atoms with Crippen molar-refractivity contribution in [1.82, 2.24) is 4.90 Å². The summed E-state index contributed by atoms with van der Waals surface area (Å²) in [6, 6.07) is 27.8. The summed E-state index contributed by atoms with van der Waals surface area (Å²) in [7, 11) is 0. The van der Waals surface area contributed by atoms with E-state index in [9.17, 15) is 4.79 Å². The van der Waals surface area contributed by atoms with Crippen molar-refractivity contribution in [2.24, 2.45) is 0 Å². The Kier molecular flexibility index (Phi) is 7.35. The number of Topliss-reactive ketones (excluding diaryl/α,β-unsaturated/α-hetero) is 1. The van der Waals surface area contributed by atoms with E-state index in [-0.39, 0.29) is 5.78 Å². The maximum Gasteiger partial charge on any atom is 0.162 e. The molecule has 0 spiro atoms. The highest BCUT2D eigenvalue weighted by atomic mass is 16.5. The number of unbranched alkanes of at least 4 members (excludes halogenated alkanes) is 1. The minimum atomic E-state index is 0.208. The molecule has 0 bridgehead atoms. The van der Waals surface area contributed by atoms with Gasteiger partial charge in [-0.15, -0.1) is 0 Å². The van der Waals surface area contributed by atoms with Gasteiger partial charge >= 0.3 is 0 Å². The SMILES string of the molecule is O=C(CCCCN1CCN(c2ccccc2)CC1)c1ccc(Oc2ccccc2)cc1. The lowest BCUT2D eigenvalue weighted by Crippen LogP contribution is -2.46. The van der Waals surface area contributed by atoms with Crippen molar-refractivity contribution in [2.45, 2.75) is 19.3 Å². The van der Waals surface area contributed by atoms with Crippen LogP contribution in [-0.2, 0) is 0 Å². The predicted molar refractivity (Wildman–Crippen MR) is 126 cm³/mol. The molecule has 160 valence electrons. The third-order valence-electron chi connectivity index (χ3n) is 5.78. The molecule has 0 aromatic heterocycles. The second-order valence-electron chi connectivity index (χ2n) is 7.98. The Hall–Kier alpha value is -3.11. The molecule has 4 heteroatoms. The summed E-state index contributed by atoms with van der Waals surface area (Å²) in [4.78, 5) is 17.5. The molecule has 0 amide bonds. The van der Waals surface area contributed by atoms with Crippen molar-refractivity contribution in [3.05, 3.63) is 90.5 Å². The molecule has 1 heterocycles. The third kappa shape index (κ3) is 6.19. The topological polar surface area (TPSA) is 32.8 Å². The van der Waals surface area contributed by atoms with E-state index in [4.69, 9.17) is 4.74 Å². The fourth-order valence-corrected chi connectivity index (χ4v) is 3.97. The van der Waals surface area contributed by atoms with Crippen LogP contribution in [0.1, 0.15) is 29.6 Å². The van der Waals surface area contributed by atoms with Crippen LogP contribution in [0.4, 0.5) is 5.69 Å². The number of piperazine rings is 1. The fourth-order valence-electron chi connectivity index (χ4n) is 3.97. The predicted octanol–water partition coefficient (Wildman–Crippen LogP) is 5.65. The standard InChI is InChI=1S/C27H30N2O2/c30-27(23-14-16-26(17-15-23)31-25-11-5-2-6-12-25)13-7-8-18-28-19-21-29(22-20-28)24-9-3-1-4-10-24/h1-6,9-12,14-17H,7-8,13,18-22H2. The molecule has 3 aromatic rings. The maximum atomic E-state index is 12.5. The van der Waals surface area contributed by atoms with Crippen molar-refractivity contribution in [3.63, 3.8) is 0 Å². The second kappa shape index (κ2) is 10.8. The highest BCUT2D eigenvalue weighted by Crippen LogP contribution is 2.22. The van der Waals surface area contributed by atoms with Crippen LogP contribution in [0.5, 0.6) is 11.5 Å². The number of para-hydroxylation sites is 2.